The van der Waals surface area contributed by atoms with E-state index in [4.69, 9.17) is 0 Å². The quantitative estimate of drug-likeness (QED) is 0.911. The minimum Gasteiger partial charge on any atom is -0.354 e. The minimum absolute atomic E-state index is 0.0148. The predicted octanol–water partition coefficient (Wildman–Crippen LogP) is 3.62. The number of hydrogen-bond acceptors (Lipinski definition) is 3. The van der Waals surface area contributed by atoms with Crippen molar-refractivity contribution in [2.45, 2.75) is 20.8 Å². The van der Waals surface area contributed by atoms with Crippen molar-refractivity contribution in [3.63, 3.8) is 0 Å². The Morgan fingerprint density at radius 3 is 2.57 bits per heavy atom. The van der Waals surface area contributed by atoms with E-state index in [2.05, 4.69) is 10.3 Å². The van der Waals surface area contributed by atoms with Gasteiger partial charge in [0.1, 0.15) is 0 Å². The number of rotatable bonds is 5. The third kappa shape index (κ3) is 3.60. The molecule has 0 atom stereocenters. The highest BCUT2D eigenvalue weighted by Gasteiger charge is 2.13. The smallest absolute Gasteiger partial charge is 0.255 e. The Labute approximate surface area is 125 Å². The van der Waals surface area contributed by atoms with Crippen molar-refractivity contribution < 1.29 is 4.79 Å². The van der Waals surface area contributed by atoms with Crippen LogP contribution in [0.2, 0.25) is 0 Å². The SMILES string of the molecule is CCN(CC)C(=O)c1cncc(Nc2ccccc2C)c1. The fourth-order valence-corrected chi connectivity index (χ4v) is 2.19. The number of nitrogens with one attached hydrogen (secondary N) is 1. The maximum absolute atomic E-state index is 12.3. The number of benzene rings is 1. The van der Waals surface area contributed by atoms with Gasteiger partial charge in [-0.3, -0.25) is 9.78 Å². The lowest BCUT2D eigenvalue weighted by Gasteiger charge is -2.18. The molecule has 0 bridgehead atoms. The molecule has 0 unspecified atom stereocenters. The first-order chi connectivity index (χ1) is 10.2. The molecule has 0 saturated carbocycles. The summed E-state index contributed by atoms with van der Waals surface area (Å²) in [6.07, 6.45) is 3.34. The van der Waals surface area contributed by atoms with E-state index in [9.17, 15) is 4.79 Å². The standard InChI is InChI=1S/C17H21N3O/c1-4-20(5-2)17(21)14-10-15(12-18-11-14)19-16-9-7-6-8-13(16)3/h6-12,19H,4-5H2,1-3H3. The summed E-state index contributed by atoms with van der Waals surface area (Å²) in [4.78, 5) is 18.3. The molecule has 110 valence electrons. The van der Waals surface area contributed by atoms with Crippen LogP contribution in [0.25, 0.3) is 0 Å². The van der Waals surface area contributed by atoms with Crippen LogP contribution in [0.5, 0.6) is 0 Å². The van der Waals surface area contributed by atoms with Crippen molar-refractivity contribution >= 4 is 17.3 Å². The second-order valence-electron chi connectivity index (χ2n) is 4.88. The Hall–Kier alpha value is -2.36. The predicted molar refractivity (Wildman–Crippen MR) is 86.0 cm³/mol. The number of aryl methyl sites for hydroxylation is 1. The second kappa shape index (κ2) is 6.88. The Bertz CT molecular complexity index is 621. The molecule has 0 aliphatic rings. The minimum atomic E-state index is 0.0148. The maximum Gasteiger partial charge on any atom is 0.255 e. The van der Waals surface area contributed by atoms with Crippen molar-refractivity contribution in [1.29, 1.82) is 0 Å². The van der Waals surface area contributed by atoms with Crippen LogP contribution in [0.1, 0.15) is 29.8 Å². The molecular formula is C17H21N3O. The number of aromatic nitrogens is 1. The van der Waals surface area contributed by atoms with Crippen LogP contribution in [-0.4, -0.2) is 28.9 Å². The fraction of sp³-hybridized carbons (Fsp3) is 0.294. The lowest BCUT2D eigenvalue weighted by Crippen LogP contribution is -2.30. The number of amides is 1. The number of carbonyl (C=O) groups is 1. The van der Waals surface area contributed by atoms with Gasteiger partial charge in [-0.15, -0.1) is 0 Å². The summed E-state index contributed by atoms with van der Waals surface area (Å²) in [5.74, 6) is 0.0148. The van der Waals surface area contributed by atoms with Gasteiger partial charge in [-0.2, -0.15) is 0 Å². The van der Waals surface area contributed by atoms with Gasteiger partial charge in [-0.25, -0.2) is 0 Å². The van der Waals surface area contributed by atoms with E-state index in [-0.39, 0.29) is 5.91 Å². The van der Waals surface area contributed by atoms with Gasteiger partial charge in [0.05, 0.1) is 17.4 Å². The summed E-state index contributed by atoms with van der Waals surface area (Å²) >= 11 is 0. The zero-order valence-electron chi connectivity index (χ0n) is 12.8. The molecule has 1 N–H and O–H groups in total. The van der Waals surface area contributed by atoms with E-state index in [1.807, 2.05) is 51.1 Å². The van der Waals surface area contributed by atoms with Crippen LogP contribution in [0, 0.1) is 6.92 Å². The summed E-state index contributed by atoms with van der Waals surface area (Å²) in [6, 6.07) is 9.88. The molecule has 0 saturated heterocycles. The lowest BCUT2D eigenvalue weighted by molar-refractivity contribution is 0.0772. The highest BCUT2D eigenvalue weighted by molar-refractivity contribution is 5.94. The van der Waals surface area contributed by atoms with Gasteiger partial charge in [0.2, 0.25) is 0 Å². The largest absolute Gasteiger partial charge is 0.354 e. The molecule has 0 fully saturated rings. The molecule has 0 spiro atoms. The maximum atomic E-state index is 12.3. The van der Waals surface area contributed by atoms with Crippen LogP contribution in [0.4, 0.5) is 11.4 Å². The number of pyridine rings is 1. The van der Waals surface area contributed by atoms with Gasteiger partial charge in [-0.05, 0) is 38.5 Å². The van der Waals surface area contributed by atoms with Gasteiger partial charge in [-0.1, -0.05) is 18.2 Å². The van der Waals surface area contributed by atoms with E-state index >= 15 is 0 Å². The van der Waals surface area contributed by atoms with Crippen LogP contribution >= 0.6 is 0 Å². The molecule has 21 heavy (non-hydrogen) atoms. The van der Waals surface area contributed by atoms with Gasteiger partial charge in [0, 0.05) is 25.0 Å². The number of para-hydroxylation sites is 1. The van der Waals surface area contributed by atoms with Crippen LogP contribution in [0.3, 0.4) is 0 Å². The summed E-state index contributed by atoms with van der Waals surface area (Å²) in [5, 5.41) is 3.31. The first-order valence-corrected chi connectivity index (χ1v) is 7.22. The van der Waals surface area contributed by atoms with Crippen LogP contribution in [0.15, 0.2) is 42.7 Å². The van der Waals surface area contributed by atoms with Gasteiger partial charge < -0.3 is 10.2 Å². The third-order valence-corrected chi connectivity index (χ3v) is 3.46. The fourth-order valence-electron chi connectivity index (χ4n) is 2.19. The van der Waals surface area contributed by atoms with Gasteiger partial charge in [0.25, 0.3) is 5.91 Å². The molecule has 0 aliphatic carbocycles. The normalized spacial score (nSPS) is 10.2. The molecule has 4 nitrogen and oxygen atoms in total. The molecule has 2 aromatic rings. The van der Waals surface area contributed by atoms with E-state index in [0.29, 0.717) is 18.7 Å². The molecule has 1 aromatic carbocycles. The summed E-state index contributed by atoms with van der Waals surface area (Å²) in [5.41, 5.74) is 3.60. The molecular weight excluding hydrogens is 262 g/mol. The van der Waals surface area contributed by atoms with Crippen molar-refractivity contribution in [2.24, 2.45) is 0 Å². The second-order valence-corrected chi connectivity index (χ2v) is 4.88. The Kier molecular flexibility index (Phi) is 4.93. The number of anilines is 2. The van der Waals surface area contributed by atoms with E-state index in [1.54, 1.807) is 17.3 Å². The molecule has 2 rings (SSSR count). The Balaban J connectivity index is 2.22. The monoisotopic (exact) mass is 283 g/mol. The average molecular weight is 283 g/mol. The molecule has 4 heteroatoms. The molecule has 1 heterocycles. The highest BCUT2D eigenvalue weighted by Crippen LogP contribution is 2.20. The van der Waals surface area contributed by atoms with Crippen LogP contribution in [-0.2, 0) is 0 Å². The van der Waals surface area contributed by atoms with Crippen LogP contribution < -0.4 is 5.32 Å². The molecule has 1 amide bonds. The van der Waals surface area contributed by atoms with Crippen molar-refractivity contribution in [2.75, 3.05) is 18.4 Å². The summed E-state index contributed by atoms with van der Waals surface area (Å²) in [7, 11) is 0. The number of carbonyl (C=O) groups excluding carboxylic acids is 1. The van der Waals surface area contributed by atoms with E-state index in [1.165, 1.54) is 0 Å². The summed E-state index contributed by atoms with van der Waals surface area (Å²) < 4.78 is 0. The van der Waals surface area contributed by atoms with Crippen molar-refractivity contribution in [1.82, 2.24) is 9.88 Å². The number of hydrogen-bond donors (Lipinski definition) is 1. The first kappa shape index (κ1) is 15.0. The molecule has 0 aliphatic heterocycles. The third-order valence-electron chi connectivity index (χ3n) is 3.46. The Morgan fingerprint density at radius 1 is 1.19 bits per heavy atom. The molecule has 0 radical (unpaired) electrons. The van der Waals surface area contributed by atoms with Crippen molar-refractivity contribution in [3.05, 3.63) is 53.9 Å². The number of nitrogens with zero attached hydrogens (tertiary/aromatic N) is 2. The zero-order valence-corrected chi connectivity index (χ0v) is 12.8. The summed E-state index contributed by atoms with van der Waals surface area (Å²) in [6.45, 7) is 7.39. The lowest BCUT2D eigenvalue weighted by atomic mass is 10.2. The average Bonchev–Trinajstić information content (AvgIpc) is 2.51. The zero-order chi connectivity index (χ0) is 15.2. The van der Waals surface area contributed by atoms with E-state index < -0.39 is 0 Å². The van der Waals surface area contributed by atoms with E-state index in [0.717, 1.165) is 16.9 Å². The van der Waals surface area contributed by atoms with Gasteiger partial charge >= 0.3 is 0 Å². The van der Waals surface area contributed by atoms with Gasteiger partial charge in [0.15, 0.2) is 0 Å². The highest BCUT2D eigenvalue weighted by atomic mass is 16.2. The Morgan fingerprint density at radius 2 is 1.90 bits per heavy atom. The van der Waals surface area contributed by atoms with Crippen molar-refractivity contribution in [3.8, 4) is 0 Å². The topological polar surface area (TPSA) is 45.2 Å². The molecule has 1 aromatic heterocycles. The first-order valence-electron chi connectivity index (χ1n) is 7.22.